The third kappa shape index (κ3) is 4.06. The second-order valence-corrected chi connectivity index (χ2v) is 7.99. The molecule has 1 aliphatic heterocycles. The van der Waals surface area contributed by atoms with Gasteiger partial charge in [0.15, 0.2) is 23.3 Å². The molecule has 0 aliphatic carbocycles. The van der Waals surface area contributed by atoms with Crippen molar-refractivity contribution in [2.45, 2.75) is 31.7 Å². The van der Waals surface area contributed by atoms with Gasteiger partial charge in [0.2, 0.25) is 0 Å². The summed E-state index contributed by atoms with van der Waals surface area (Å²) in [6.45, 7) is 5.25. The molecule has 4 rings (SSSR count). The number of imidazole rings is 1. The van der Waals surface area contributed by atoms with Gasteiger partial charge >= 0.3 is 0 Å². The van der Waals surface area contributed by atoms with Gasteiger partial charge in [-0.3, -0.25) is 4.57 Å². The van der Waals surface area contributed by atoms with Gasteiger partial charge in [0.1, 0.15) is 19.8 Å². The molecule has 0 saturated heterocycles. The molecule has 0 saturated carbocycles. The Bertz CT molecular complexity index is 925. The van der Waals surface area contributed by atoms with Crippen molar-refractivity contribution in [2.24, 2.45) is 0 Å². The van der Waals surface area contributed by atoms with Gasteiger partial charge in [0.25, 0.3) is 0 Å². The molecule has 1 unspecified atom stereocenters. The van der Waals surface area contributed by atoms with Crippen molar-refractivity contribution < 1.29 is 14.4 Å². The second kappa shape index (κ2) is 8.23. The Hall–Kier alpha value is -2.18. The normalized spacial score (nSPS) is 14.4. The number of quaternary nitrogens is 1. The van der Waals surface area contributed by atoms with Crippen LogP contribution in [0.3, 0.4) is 0 Å². The fraction of sp³-hybridized carbons (Fsp3) is 0.381. The van der Waals surface area contributed by atoms with Gasteiger partial charge in [0, 0.05) is 11.3 Å². The van der Waals surface area contributed by atoms with Gasteiger partial charge < -0.3 is 14.4 Å². The summed E-state index contributed by atoms with van der Waals surface area (Å²) in [5.41, 5.74) is 3.53. The standard InChI is InChI=1S/C21H25N3O2S/c1-3-12-27-21-22-17-6-4-5-7-18(17)24(21)15-23(2)14-16-8-9-19-20(13-16)26-11-10-25-19/h4-9,13H,3,10-12,14-15H2,1-2H3/p+1. The highest BCUT2D eigenvalue weighted by molar-refractivity contribution is 7.99. The van der Waals surface area contributed by atoms with Crippen LogP contribution in [-0.2, 0) is 13.2 Å². The number of hydrogen-bond acceptors (Lipinski definition) is 4. The number of rotatable bonds is 7. The number of hydrogen-bond donors (Lipinski definition) is 1. The Morgan fingerprint density at radius 3 is 2.78 bits per heavy atom. The smallest absolute Gasteiger partial charge is 0.173 e. The zero-order valence-corrected chi connectivity index (χ0v) is 16.7. The maximum Gasteiger partial charge on any atom is 0.173 e. The average Bonchev–Trinajstić information content (AvgIpc) is 3.03. The Labute approximate surface area is 164 Å². The lowest BCUT2D eigenvalue weighted by Gasteiger charge is -2.20. The zero-order chi connectivity index (χ0) is 18.6. The van der Waals surface area contributed by atoms with E-state index in [9.17, 15) is 0 Å². The molecule has 27 heavy (non-hydrogen) atoms. The Morgan fingerprint density at radius 2 is 1.93 bits per heavy atom. The van der Waals surface area contributed by atoms with E-state index in [-0.39, 0.29) is 0 Å². The van der Waals surface area contributed by atoms with Crippen molar-refractivity contribution in [3.05, 3.63) is 48.0 Å². The molecule has 1 aliphatic rings. The van der Waals surface area contributed by atoms with Crippen molar-refractivity contribution in [3.8, 4) is 11.5 Å². The molecule has 1 aromatic heterocycles. The first-order valence-electron chi connectivity index (χ1n) is 9.52. The lowest BCUT2D eigenvalue weighted by atomic mass is 10.2. The fourth-order valence-electron chi connectivity index (χ4n) is 3.38. The van der Waals surface area contributed by atoms with Crippen LogP contribution in [0.2, 0.25) is 0 Å². The predicted octanol–water partition coefficient (Wildman–Crippen LogP) is 2.98. The monoisotopic (exact) mass is 384 g/mol. The molecule has 0 fully saturated rings. The van der Waals surface area contributed by atoms with Gasteiger partial charge in [-0.05, 0) is 36.8 Å². The van der Waals surface area contributed by atoms with Crippen LogP contribution in [0.25, 0.3) is 11.0 Å². The van der Waals surface area contributed by atoms with Crippen LogP contribution in [0.15, 0.2) is 47.6 Å². The molecule has 5 nitrogen and oxygen atoms in total. The summed E-state index contributed by atoms with van der Waals surface area (Å²) < 4.78 is 13.7. The Balaban J connectivity index is 1.53. The molecule has 3 aromatic rings. The number of benzene rings is 2. The maximum atomic E-state index is 5.72. The highest BCUT2D eigenvalue weighted by Gasteiger charge is 2.16. The highest BCUT2D eigenvalue weighted by atomic mass is 32.2. The summed E-state index contributed by atoms with van der Waals surface area (Å²) in [5.74, 6) is 2.80. The first kappa shape index (κ1) is 18.2. The van der Waals surface area contributed by atoms with Crippen molar-refractivity contribution in [1.29, 1.82) is 0 Å². The minimum atomic E-state index is 0.623. The quantitative estimate of drug-likeness (QED) is 0.636. The largest absolute Gasteiger partial charge is 0.486 e. The molecular weight excluding hydrogens is 358 g/mol. The van der Waals surface area contributed by atoms with Crippen LogP contribution in [0.1, 0.15) is 18.9 Å². The van der Waals surface area contributed by atoms with Crippen molar-refractivity contribution in [2.75, 3.05) is 26.0 Å². The fourth-order valence-corrected chi connectivity index (χ4v) is 4.25. The van der Waals surface area contributed by atoms with Crippen LogP contribution in [-0.4, -0.2) is 35.6 Å². The van der Waals surface area contributed by atoms with E-state index in [1.54, 1.807) is 0 Å². The van der Waals surface area contributed by atoms with Crippen molar-refractivity contribution in [1.82, 2.24) is 9.55 Å². The highest BCUT2D eigenvalue weighted by Crippen LogP contribution is 2.30. The number of nitrogens with one attached hydrogen (secondary N) is 1. The van der Waals surface area contributed by atoms with Gasteiger partial charge in [0.05, 0.1) is 18.1 Å². The first-order chi connectivity index (χ1) is 13.2. The van der Waals surface area contributed by atoms with E-state index in [1.165, 1.54) is 16.0 Å². The molecule has 2 heterocycles. The third-order valence-electron chi connectivity index (χ3n) is 4.60. The zero-order valence-electron chi connectivity index (χ0n) is 15.9. The van der Waals surface area contributed by atoms with Gasteiger partial charge in [-0.25, -0.2) is 4.98 Å². The molecular formula is C21H26N3O2S+. The van der Waals surface area contributed by atoms with E-state index < -0.39 is 0 Å². The van der Waals surface area contributed by atoms with Crippen LogP contribution in [0, 0.1) is 0 Å². The van der Waals surface area contributed by atoms with Crippen LogP contribution < -0.4 is 14.4 Å². The summed E-state index contributed by atoms with van der Waals surface area (Å²) in [7, 11) is 2.22. The Morgan fingerprint density at radius 1 is 1.11 bits per heavy atom. The molecule has 1 N–H and O–H groups in total. The van der Waals surface area contributed by atoms with E-state index in [4.69, 9.17) is 14.5 Å². The molecule has 0 bridgehead atoms. The van der Waals surface area contributed by atoms with Crippen LogP contribution in [0.4, 0.5) is 0 Å². The van der Waals surface area contributed by atoms with E-state index in [1.807, 2.05) is 17.8 Å². The molecule has 0 spiro atoms. The molecule has 1 atom stereocenters. The maximum absolute atomic E-state index is 5.72. The van der Waals surface area contributed by atoms with Gasteiger partial charge in [-0.15, -0.1) is 0 Å². The van der Waals surface area contributed by atoms with E-state index in [0.717, 1.165) is 47.6 Å². The number of para-hydroxylation sites is 2. The summed E-state index contributed by atoms with van der Waals surface area (Å²) in [6.07, 6.45) is 1.15. The van der Waals surface area contributed by atoms with Gasteiger partial charge in [-0.1, -0.05) is 30.8 Å². The average molecular weight is 385 g/mol. The predicted molar refractivity (Wildman–Crippen MR) is 109 cm³/mol. The molecule has 2 aromatic carbocycles. The van der Waals surface area contributed by atoms with E-state index in [0.29, 0.717) is 13.2 Å². The van der Waals surface area contributed by atoms with Crippen molar-refractivity contribution >= 4 is 22.8 Å². The topological polar surface area (TPSA) is 40.7 Å². The van der Waals surface area contributed by atoms with Crippen molar-refractivity contribution in [3.63, 3.8) is 0 Å². The number of fused-ring (bicyclic) bond motifs is 2. The van der Waals surface area contributed by atoms with E-state index >= 15 is 0 Å². The second-order valence-electron chi connectivity index (χ2n) is 6.93. The SMILES string of the molecule is CCCSc1nc2ccccc2n1C[NH+](C)Cc1ccc2c(c1)OCCO2. The Kier molecular flexibility index (Phi) is 5.55. The summed E-state index contributed by atoms with van der Waals surface area (Å²) >= 11 is 1.84. The van der Waals surface area contributed by atoms with Crippen LogP contribution in [0.5, 0.6) is 11.5 Å². The molecule has 6 heteroatoms. The summed E-state index contributed by atoms with van der Waals surface area (Å²) in [5, 5.41) is 1.11. The number of ether oxygens (including phenoxy) is 2. The lowest BCUT2D eigenvalue weighted by molar-refractivity contribution is -0.917. The third-order valence-corrected chi connectivity index (χ3v) is 5.78. The van der Waals surface area contributed by atoms with E-state index in [2.05, 4.69) is 54.9 Å². The van der Waals surface area contributed by atoms with Crippen LogP contribution >= 0.6 is 11.8 Å². The number of aromatic nitrogens is 2. The molecule has 0 radical (unpaired) electrons. The first-order valence-corrected chi connectivity index (χ1v) is 10.5. The summed E-state index contributed by atoms with van der Waals surface area (Å²) in [4.78, 5) is 6.24. The molecule has 0 amide bonds. The summed E-state index contributed by atoms with van der Waals surface area (Å²) in [6, 6.07) is 14.7. The lowest BCUT2D eigenvalue weighted by Crippen LogP contribution is -3.06. The van der Waals surface area contributed by atoms with Gasteiger partial charge in [-0.2, -0.15) is 0 Å². The number of nitrogens with zero attached hydrogens (tertiary/aromatic N) is 2. The minimum Gasteiger partial charge on any atom is -0.486 e. The number of thioether (sulfide) groups is 1. The molecule has 142 valence electrons. The minimum absolute atomic E-state index is 0.623.